The van der Waals surface area contributed by atoms with Crippen LogP contribution in [0.4, 0.5) is 0 Å². The Balaban J connectivity index is 1.77. The molecule has 0 aromatic carbocycles. The Morgan fingerprint density at radius 2 is 2.35 bits per heavy atom. The molecule has 2 aromatic heterocycles. The summed E-state index contributed by atoms with van der Waals surface area (Å²) in [7, 11) is 1.87. The molecule has 1 fully saturated rings. The third-order valence-electron chi connectivity index (χ3n) is 3.80. The third-order valence-corrected chi connectivity index (χ3v) is 4.56. The third kappa shape index (κ3) is 3.58. The predicted octanol–water partition coefficient (Wildman–Crippen LogP) is 1.42. The Labute approximate surface area is 137 Å². The average Bonchev–Trinajstić information content (AvgIpc) is 3.22. The van der Waals surface area contributed by atoms with Crippen LogP contribution in [0.15, 0.2) is 17.6 Å². The van der Waals surface area contributed by atoms with Crippen molar-refractivity contribution in [2.45, 2.75) is 39.0 Å². The molecule has 7 nitrogen and oxygen atoms in total. The van der Waals surface area contributed by atoms with E-state index in [4.69, 9.17) is 4.74 Å². The molecule has 8 heteroatoms. The summed E-state index contributed by atoms with van der Waals surface area (Å²) >= 11 is 1.49. The number of cyclic esters (lactones) is 1. The van der Waals surface area contributed by atoms with Crippen molar-refractivity contribution in [3.63, 3.8) is 0 Å². The molecule has 1 unspecified atom stereocenters. The number of esters is 1. The molecule has 2 aromatic rings. The van der Waals surface area contributed by atoms with Crippen LogP contribution in [0.2, 0.25) is 0 Å². The predicted molar refractivity (Wildman–Crippen MR) is 83.4 cm³/mol. The summed E-state index contributed by atoms with van der Waals surface area (Å²) in [5.74, 6) is -0.499. The minimum absolute atomic E-state index is 0.186. The summed E-state index contributed by atoms with van der Waals surface area (Å²) in [5.41, 5.74) is 1.83. The summed E-state index contributed by atoms with van der Waals surface area (Å²) < 4.78 is 6.89. The summed E-state index contributed by atoms with van der Waals surface area (Å²) in [6.07, 6.45) is 1.76. The molecule has 0 spiro atoms. The van der Waals surface area contributed by atoms with Crippen LogP contribution in [0, 0.1) is 6.92 Å². The van der Waals surface area contributed by atoms with E-state index in [9.17, 15) is 9.59 Å². The number of amides is 1. The first-order chi connectivity index (χ1) is 11.0. The zero-order valence-electron chi connectivity index (χ0n) is 13.1. The zero-order valence-corrected chi connectivity index (χ0v) is 13.9. The summed E-state index contributed by atoms with van der Waals surface area (Å²) in [6, 6.07) is 1.95. The maximum Gasteiger partial charge on any atom is 0.306 e. The van der Waals surface area contributed by atoms with E-state index in [1.54, 1.807) is 15.8 Å². The van der Waals surface area contributed by atoms with Gasteiger partial charge in [-0.15, -0.1) is 11.3 Å². The number of hydrogen-bond acceptors (Lipinski definition) is 6. The first-order valence-corrected chi connectivity index (χ1v) is 8.27. The van der Waals surface area contributed by atoms with Gasteiger partial charge >= 0.3 is 5.97 Å². The van der Waals surface area contributed by atoms with Crippen LogP contribution < -0.4 is 0 Å². The van der Waals surface area contributed by atoms with Gasteiger partial charge in [0.25, 0.3) is 5.91 Å². The second-order valence-corrected chi connectivity index (χ2v) is 6.52. The number of carbonyl (C=O) groups is 2. The molecule has 1 amide bonds. The topological polar surface area (TPSA) is 77.3 Å². The van der Waals surface area contributed by atoms with Crippen molar-refractivity contribution < 1.29 is 14.3 Å². The molecule has 0 saturated carbocycles. The number of nitrogens with zero attached hydrogens (tertiary/aromatic N) is 4. The summed E-state index contributed by atoms with van der Waals surface area (Å²) in [6.45, 7) is 2.72. The van der Waals surface area contributed by atoms with Gasteiger partial charge in [0.2, 0.25) is 0 Å². The highest BCUT2D eigenvalue weighted by molar-refractivity contribution is 7.09. The van der Waals surface area contributed by atoms with Gasteiger partial charge < -0.3 is 9.64 Å². The number of aromatic nitrogens is 3. The molecule has 1 saturated heterocycles. The summed E-state index contributed by atoms with van der Waals surface area (Å²) in [4.78, 5) is 29.9. The van der Waals surface area contributed by atoms with E-state index in [-0.39, 0.29) is 11.9 Å². The minimum Gasteiger partial charge on any atom is -0.452 e. The standard InChI is InChI=1S/C15H18N4O3S/c1-10-7-11(17-18(10)2)8-19(9-13-16-5-6-23-13)15(21)12-3-4-14(20)22-12/h5-7,12H,3-4,8-9H2,1-2H3. The second kappa shape index (κ2) is 6.49. The summed E-state index contributed by atoms with van der Waals surface area (Å²) in [5, 5.41) is 7.12. The maximum atomic E-state index is 12.7. The smallest absolute Gasteiger partial charge is 0.306 e. The van der Waals surface area contributed by atoms with Crippen molar-refractivity contribution in [3.05, 3.63) is 34.0 Å². The second-order valence-electron chi connectivity index (χ2n) is 5.54. The lowest BCUT2D eigenvalue weighted by Gasteiger charge is -2.23. The van der Waals surface area contributed by atoms with E-state index in [1.165, 1.54) is 11.3 Å². The molecular weight excluding hydrogens is 316 g/mol. The highest BCUT2D eigenvalue weighted by atomic mass is 32.1. The van der Waals surface area contributed by atoms with Crippen molar-refractivity contribution in [1.29, 1.82) is 0 Å². The van der Waals surface area contributed by atoms with Gasteiger partial charge in [0, 0.05) is 37.2 Å². The lowest BCUT2D eigenvalue weighted by atomic mass is 10.2. The van der Waals surface area contributed by atoms with Gasteiger partial charge in [0.15, 0.2) is 6.10 Å². The van der Waals surface area contributed by atoms with Crippen LogP contribution in [-0.4, -0.2) is 37.6 Å². The minimum atomic E-state index is -0.688. The van der Waals surface area contributed by atoms with Crippen LogP contribution in [0.5, 0.6) is 0 Å². The van der Waals surface area contributed by atoms with Crippen molar-refractivity contribution in [2.24, 2.45) is 7.05 Å². The van der Waals surface area contributed by atoms with Crippen molar-refractivity contribution >= 4 is 23.2 Å². The fraction of sp³-hybridized carbons (Fsp3) is 0.467. The maximum absolute atomic E-state index is 12.7. The van der Waals surface area contributed by atoms with E-state index >= 15 is 0 Å². The Bertz CT molecular complexity index is 691. The number of aryl methyl sites for hydroxylation is 2. The molecule has 1 aliphatic rings. The molecule has 0 bridgehead atoms. The Morgan fingerprint density at radius 1 is 1.52 bits per heavy atom. The number of carbonyl (C=O) groups excluding carboxylic acids is 2. The Kier molecular flexibility index (Phi) is 4.42. The van der Waals surface area contributed by atoms with Gasteiger partial charge in [0.1, 0.15) is 5.01 Å². The van der Waals surface area contributed by atoms with E-state index in [0.717, 1.165) is 16.4 Å². The zero-order chi connectivity index (χ0) is 16.4. The molecule has 122 valence electrons. The molecule has 0 aliphatic carbocycles. The lowest BCUT2D eigenvalue weighted by Crippen LogP contribution is -2.38. The fourth-order valence-electron chi connectivity index (χ4n) is 2.52. The van der Waals surface area contributed by atoms with Gasteiger partial charge in [0.05, 0.1) is 18.8 Å². The van der Waals surface area contributed by atoms with Crippen LogP contribution >= 0.6 is 11.3 Å². The Hall–Kier alpha value is -2.22. The normalized spacial score (nSPS) is 17.3. The van der Waals surface area contributed by atoms with E-state index < -0.39 is 6.10 Å². The average molecular weight is 334 g/mol. The molecule has 3 rings (SSSR count). The fourth-order valence-corrected chi connectivity index (χ4v) is 3.15. The molecule has 1 aliphatic heterocycles. The Morgan fingerprint density at radius 3 is 2.91 bits per heavy atom. The van der Waals surface area contributed by atoms with E-state index in [0.29, 0.717) is 25.9 Å². The largest absolute Gasteiger partial charge is 0.452 e. The van der Waals surface area contributed by atoms with Crippen molar-refractivity contribution in [2.75, 3.05) is 0 Å². The monoisotopic (exact) mass is 334 g/mol. The molecule has 23 heavy (non-hydrogen) atoms. The van der Waals surface area contributed by atoms with Crippen LogP contribution in [0.1, 0.15) is 29.2 Å². The van der Waals surface area contributed by atoms with E-state index in [1.807, 2.05) is 25.4 Å². The van der Waals surface area contributed by atoms with Crippen molar-refractivity contribution in [1.82, 2.24) is 19.7 Å². The number of thiazole rings is 1. The van der Waals surface area contributed by atoms with Gasteiger partial charge in [-0.2, -0.15) is 5.10 Å². The van der Waals surface area contributed by atoms with Gasteiger partial charge in [-0.1, -0.05) is 0 Å². The van der Waals surface area contributed by atoms with Gasteiger partial charge in [-0.3, -0.25) is 14.3 Å². The van der Waals surface area contributed by atoms with Gasteiger partial charge in [-0.25, -0.2) is 4.98 Å². The highest BCUT2D eigenvalue weighted by Crippen LogP contribution is 2.20. The number of hydrogen-bond donors (Lipinski definition) is 0. The number of rotatable bonds is 5. The molecule has 1 atom stereocenters. The van der Waals surface area contributed by atoms with Gasteiger partial charge in [-0.05, 0) is 13.0 Å². The molecule has 0 radical (unpaired) electrons. The molecular formula is C15H18N4O3S. The molecule has 0 N–H and O–H groups in total. The highest BCUT2D eigenvalue weighted by Gasteiger charge is 2.33. The van der Waals surface area contributed by atoms with Crippen LogP contribution in [0.25, 0.3) is 0 Å². The lowest BCUT2D eigenvalue weighted by molar-refractivity contribution is -0.153. The molecule has 3 heterocycles. The number of ether oxygens (including phenoxy) is 1. The van der Waals surface area contributed by atoms with E-state index in [2.05, 4.69) is 10.1 Å². The van der Waals surface area contributed by atoms with Crippen LogP contribution in [-0.2, 0) is 34.5 Å². The SMILES string of the molecule is Cc1cc(CN(Cc2nccs2)C(=O)C2CCC(=O)O2)nn1C. The quantitative estimate of drug-likeness (QED) is 0.773. The first kappa shape index (κ1) is 15.7. The van der Waals surface area contributed by atoms with Crippen LogP contribution in [0.3, 0.4) is 0 Å². The first-order valence-electron chi connectivity index (χ1n) is 7.39. The van der Waals surface area contributed by atoms with Crippen molar-refractivity contribution in [3.8, 4) is 0 Å².